The Morgan fingerprint density at radius 3 is 1.10 bits per heavy atom. The lowest BCUT2D eigenvalue weighted by atomic mass is 10.0. The number of unbranched alkanes of at least 4 members (excludes halogenated alkanes) is 24. The van der Waals surface area contributed by atoms with Crippen LogP contribution >= 0.6 is 0 Å². The number of esters is 2. The fourth-order valence-corrected chi connectivity index (χ4v) is 5.23. The van der Waals surface area contributed by atoms with Gasteiger partial charge in [0.1, 0.15) is 12.7 Å². The molecule has 0 aromatic carbocycles. The Bertz CT molecular complexity index is 539. The van der Waals surface area contributed by atoms with Gasteiger partial charge in [-0.25, -0.2) is 0 Å². The first-order chi connectivity index (χ1) is 19.6. The van der Waals surface area contributed by atoms with Crippen LogP contribution in [0.1, 0.15) is 194 Å². The molecule has 0 unspecified atom stereocenters. The first-order valence-electron chi connectivity index (χ1n) is 17.7. The summed E-state index contributed by atoms with van der Waals surface area (Å²) < 4.78 is 10.8. The molecule has 0 spiro atoms. The highest BCUT2D eigenvalue weighted by molar-refractivity contribution is 5.70. The lowest BCUT2D eigenvalue weighted by Gasteiger charge is -2.16. The fourth-order valence-electron chi connectivity index (χ4n) is 5.23. The van der Waals surface area contributed by atoms with Crippen LogP contribution in [0.4, 0.5) is 0 Å². The molecule has 238 valence electrons. The van der Waals surface area contributed by atoms with Crippen LogP contribution in [0.25, 0.3) is 0 Å². The Kier molecular flexibility index (Phi) is 31.5. The van der Waals surface area contributed by atoms with Gasteiger partial charge in [-0.3, -0.25) is 9.59 Å². The SMILES string of the molecule is CCCCCCCCCCCCCCCC(=O)OC[C@H](CN)OC(=O)CCCCCCCCCCCCCCC. The second-order valence-electron chi connectivity index (χ2n) is 12.0. The van der Waals surface area contributed by atoms with Crippen molar-refractivity contribution >= 4 is 11.9 Å². The van der Waals surface area contributed by atoms with Gasteiger partial charge in [0, 0.05) is 19.4 Å². The summed E-state index contributed by atoms with van der Waals surface area (Å²) >= 11 is 0. The Morgan fingerprint density at radius 2 is 0.775 bits per heavy atom. The standard InChI is InChI=1S/C35H69NO4/c1-3-5-7-9-11-13-15-17-19-21-23-25-27-29-34(37)39-32-33(31-36)40-35(38)30-28-26-24-22-20-18-16-14-12-10-8-6-4-2/h33H,3-32,36H2,1-2H3/t33-/m0/s1. The summed E-state index contributed by atoms with van der Waals surface area (Å²) in [7, 11) is 0. The van der Waals surface area contributed by atoms with Gasteiger partial charge in [0.2, 0.25) is 0 Å². The van der Waals surface area contributed by atoms with Gasteiger partial charge in [0.25, 0.3) is 0 Å². The van der Waals surface area contributed by atoms with E-state index in [4.69, 9.17) is 15.2 Å². The molecular formula is C35H69NO4. The molecule has 0 aromatic heterocycles. The molecule has 0 bridgehead atoms. The third-order valence-electron chi connectivity index (χ3n) is 7.96. The molecule has 0 heterocycles. The van der Waals surface area contributed by atoms with Crippen molar-refractivity contribution in [2.45, 2.75) is 200 Å². The van der Waals surface area contributed by atoms with Crippen LogP contribution in [0.2, 0.25) is 0 Å². The van der Waals surface area contributed by atoms with Crippen molar-refractivity contribution in [1.82, 2.24) is 0 Å². The number of carbonyl (C=O) groups is 2. The largest absolute Gasteiger partial charge is 0.462 e. The minimum Gasteiger partial charge on any atom is -0.462 e. The smallest absolute Gasteiger partial charge is 0.306 e. The molecule has 1 atom stereocenters. The number of ether oxygens (including phenoxy) is 2. The number of hydrogen-bond acceptors (Lipinski definition) is 5. The van der Waals surface area contributed by atoms with Gasteiger partial charge in [0.05, 0.1) is 0 Å². The normalized spacial score (nSPS) is 12.0. The molecule has 0 rings (SSSR count). The number of carbonyl (C=O) groups excluding carboxylic acids is 2. The van der Waals surface area contributed by atoms with E-state index in [1.807, 2.05) is 0 Å². The molecule has 0 aliphatic heterocycles. The highest BCUT2D eigenvalue weighted by Gasteiger charge is 2.15. The Balaban J connectivity index is 3.53. The molecule has 5 nitrogen and oxygen atoms in total. The van der Waals surface area contributed by atoms with Crippen molar-refractivity contribution in [2.75, 3.05) is 13.2 Å². The topological polar surface area (TPSA) is 78.6 Å². The quantitative estimate of drug-likeness (QED) is 0.0646. The molecule has 2 N–H and O–H groups in total. The van der Waals surface area contributed by atoms with Crippen molar-refractivity contribution in [1.29, 1.82) is 0 Å². The molecule has 0 saturated heterocycles. The maximum absolute atomic E-state index is 12.1. The van der Waals surface area contributed by atoms with Crippen molar-refractivity contribution in [3.8, 4) is 0 Å². The van der Waals surface area contributed by atoms with Crippen LogP contribution < -0.4 is 5.73 Å². The maximum atomic E-state index is 12.1. The van der Waals surface area contributed by atoms with Crippen LogP contribution in [0.15, 0.2) is 0 Å². The molecule has 5 heteroatoms. The van der Waals surface area contributed by atoms with Crippen LogP contribution in [0.3, 0.4) is 0 Å². The van der Waals surface area contributed by atoms with E-state index < -0.39 is 6.10 Å². The highest BCUT2D eigenvalue weighted by Crippen LogP contribution is 2.15. The van der Waals surface area contributed by atoms with Crippen LogP contribution in [-0.4, -0.2) is 31.2 Å². The molecule has 0 aliphatic carbocycles. The number of hydrogen-bond donors (Lipinski definition) is 1. The Morgan fingerprint density at radius 1 is 0.475 bits per heavy atom. The second kappa shape index (κ2) is 32.4. The predicted octanol–water partition coefficient (Wildman–Crippen LogP) is 10.4. The lowest BCUT2D eigenvalue weighted by molar-refractivity contribution is -0.158. The molecule has 40 heavy (non-hydrogen) atoms. The van der Waals surface area contributed by atoms with E-state index in [-0.39, 0.29) is 25.1 Å². The zero-order valence-corrected chi connectivity index (χ0v) is 27.0. The molecular weight excluding hydrogens is 498 g/mol. The van der Waals surface area contributed by atoms with Crippen LogP contribution in [0.5, 0.6) is 0 Å². The summed E-state index contributed by atoms with van der Waals surface area (Å²) in [6.45, 7) is 4.77. The molecule has 0 saturated carbocycles. The summed E-state index contributed by atoms with van der Waals surface area (Å²) in [5.41, 5.74) is 5.74. The third kappa shape index (κ3) is 29.9. The summed E-state index contributed by atoms with van der Waals surface area (Å²) in [5.74, 6) is -0.444. The van der Waals surface area contributed by atoms with Gasteiger partial charge in [-0.2, -0.15) is 0 Å². The van der Waals surface area contributed by atoms with E-state index in [0.717, 1.165) is 25.7 Å². The van der Waals surface area contributed by atoms with Gasteiger partial charge in [-0.05, 0) is 12.8 Å². The maximum Gasteiger partial charge on any atom is 0.306 e. The van der Waals surface area contributed by atoms with Crippen LogP contribution in [-0.2, 0) is 19.1 Å². The first-order valence-corrected chi connectivity index (χ1v) is 17.7. The minimum atomic E-state index is -0.537. The number of nitrogens with two attached hydrogens (primary N) is 1. The van der Waals surface area contributed by atoms with Gasteiger partial charge < -0.3 is 15.2 Å². The van der Waals surface area contributed by atoms with Gasteiger partial charge in [-0.15, -0.1) is 0 Å². The zero-order valence-electron chi connectivity index (χ0n) is 27.0. The Hall–Kier alpha value is -1.10. The van der Waals surface area contributed by atoms with Gasteiger partial charge >= 0.3 is 11.9 Å². The minimum absolute atomic E-state index is 0.0676. The molecule has 0 aliphatic rings. The molecule has 0 amide bonds. The molecule has 0 aromatic rings. The van der Waals surface area contributed by atoms with Gasteiger partial charge in [-0.1, -0.05) is 168 Å². The van der Waals surface area contributed by atoms with E-state index in [0.29, 0.717) is 12.8 Å². The monoisotopic (exact) mass is 568 g/mol. The van der Waals surface area contributed by atoms with E-state index in [1.54, 1.807) is 0 Å². The van der Waals surface area contributed by atoms with E-state index >= 15 is 0 Å². The predicted molar refractivity (Wildman–Crippen MR) is 171 cm³/mol. The van der Waals surface area contributed by atoms with Crippen LogP contribution in [0, 0.1) is 0 Å². The van der Waals surface area contributed by atoms with Crippen molar-refractivity contribution in [3.05, 3.63) is 0 Å². The average Bonchev–Trinajstić information content (AvgIpc) is 2.96. The average molecular weight is 568 g/mol. The highest BCUT2D eigenvalue weighted by atomic mass is 16.6. The van der Waals surface area contributed by atoms with Crippen molar-refractivity contribution in [2.24, 2.45) is 5.73 Å². The Labute approximate surface area is 249 Å². The van der Waals surface area contributed by atoms with Gasteiger partial charge in [0.15, 0.2) is 0 Å². The molecule has 0 radical (unpaired) electrons. The second-order valence-corrected chi connectivity index (χ2v) is 12.0. The summed E-state index contributed by atoms with van der Waals surface area (Å²) in [5, 5.41) is 0. The summed E-state index contributed by atoms with van der Waals surface area (Å²) in [6.07, 6.45) is 33.6. The van der Waals surface area contributed by atoms with Crippen molar-refractivity contribution in [3.63, 3.8) is 0 Å². The first kappa shape index (κ1) is 38.9. The lowest BCUT2D eigenvalue weighted by Crippen LogP contribution is -2.32. The van der Waals surface area contributed by atoms with E-state index in [9.17, 15) is 9.59 Å². The third-order valence-corrected chi connectivity index (χ3v) is 7.96. The number of rotatable bonds is 32. The zero-order chi connectivity index (χ0) is 29.4. The van der Waals surface area contributed by atoms with E-state index in [2.05, 4.69) is 13.8 Å². The molecule has 0 fully saturated rings. The summed E-state index contributed by atoms with van der Waals surface area (Å²) in [6, 6.07) is 0. The van der Waals surface area contributed by atoms with Crippen molar-refractivity contribution < 1.29 is 19.1 Å². The fraction of sp³-hybridized carbons (Fsp3) is 0.943. The van der Waals surface area contributed by atoms with E-state index in [1.165, 1.54) is 141 Å². The summed E-state index contributed by atoms with van der Waals surface area (Å²) in [4.78, 5) is 24.2.